The Morgan fingerprint density at radius 3 is 2.65 bits per heavy atom. The molecule has 1 rings (SSSR count). The van der Waals surface area contributed by atoms with E-state index in [1.165, 1.54) is 9.58 Å². The maximum Gasteiger partial charge on any atom is 0.325 e. The van der Waals surface area contributed by atoms with Gasteiger partial charge in [0.2, 0.25) is 0 Å². The molecule has 1 aromatic rings. The summed E-state index contributed by atoms with van der Waals surface area (Å²) in [7, 11) is 1.69. The quantitative estimate of drug-likeness (QED) is 0.700. The van der Waals surface area contributed by atoms with Crippen LogP contribution in [0.5, 0.6) is 0 Å². The molecule has 6 nitrogen and oxygen atoms in total. The fourth-order valence-corrected chi connectivity index (χ4v) is 1.44. The van der Waals surface area contributed by atoms with Crippen LogP contribution < -0.4 is 0 Å². The summed E-state index contributed by atoms with van der Waals surface area (Å²) in [6.45, 7) is 4.28. The molecule has 0 atom stereocenters. The summed E-state index contributed by atoms with van der Waals surface area (Å²) < 4.78 is 6.30. The lowest BCUT2D eigenvalue weighted by molar-refractivity contribution is -0.143. The molecule has 1 aromatic heterocycles. The molecule has 6 heteroatoms. The average molecular weight is 239 g/mol. The third kappa shape index (κ3) is 3.30. The summed E-state index contributed by atoms with van der Waals surface area (Å²) in [5.74, 6) is -0.620. The van der Waals surface area contributed by atoms with Crippen LogP contribution in [0, 0.1) is 0 Å². The third-order valence-electron chi connectivity index (χ3n) is 2.33. The van der Waals surface area contributed by atoms with E-state index in [9.17, 15) is 9.59 Å². The molecule has 0 fully saturated rings. The van der Waals surface area contributed by atoms with E-state index in [0.29, 0.717) is 18.8 Å². The number of aryl methyl sites for hydroxylation is 1. The predicted octanol–water partition coefficient (Wildman–Crippen LogP) is 0.445. The summed E-state index contributed by atoms with van der Waals surface area (Å²) in [5, 5.41) is 3.92. The van der Waals surface area contributed by atoms with Crippen LogP contribution in [-0.4, -0.2) is 46.3 Å². The fourth-order valence-electron chi connectivity index (χ4n) is 1.44. The van der Waals surface area contributed by atoms with E-state index in [2.05, 4.69) is 5.10 Å². The minimum atomic E-state index is -0.398. The number of carbonyl (C=O) groups excluding carboxylic acids is 2. The van der Waals surface area contributed by atoms with Gasteiger partial charge in [-0.25, -0.2) is 0 Å². The summed E-state index contributed by atoms with van der Waals surface area (Å²) in [4.78, 5) is 24.8. The summed E-state index contributed by atoms with van der Waals surface area (Å²) in [6, 6.07) is 1.62. The first-order chi connectivity index (χ1) is 8.10. The van der Waals surface area contributed by atoms with Crippen molar-refractivity contribution in [2.24, 2.45) is 7.05 Å². The molecule has 1 amide bonds. The van der Waals surface area contributed by atoms with E-state index in [4.69, 9.17) is 4.74 Å². The second-order valence-corrected chi connectivity index (χ2v) is 3.46. The van der Waals surface area contributed by atoms with Crippen molar-refractivity contribution in [3.63, 3.8) is 0 Å². The Bertz CT molecular complexity index is 400. The fraction of sp³-hybridized carbons (Fsp3) is 0.545. The molecule has 0 radical (unpaired) electrons. The Hall–Kier alpha value is -1.85. The lowest BCUT2D eigenvalue weighted by Gasteiger charge is -2.19. The van der Waals surface area contributed by atoms with E-state index in [0.717, 1.165) is 0 Å². The van der Waals surface area contributed by atoms with Crippen LogP contribution in [0.15, 0.2) is 12.3 Å². The van der Waals surface area contributed by atoms with Gasteiger partial charge in [0.25, 0.3) is 5.91 Å². The van der Waals surface area contributed by atoms with E-state index >= 15 is 0 Å². The molecule has 0 spiro atoms. The summed E-state index contributed by atoms with van der Waals surface area (Å²) >= 11 is 0. The molecule has 0 saturated heterocycles. The van der Waals surface area contributed by atoms with E-state index in [1.807, 2.05) is 6.92 Å². The molecule has 0 bridgehead atoms. The highest BCUT2D eigenvalue weighted by Crippen LogP contribution is 2.03. The summed E-state index contributed by atoms with van der Waals surface area (Å²) in [5.41, 5.74) is 0.455. The van der Waals surface area contributed by atoms with Crippen LogP contribution in [0.4, 0.5) is 0 Å². The highest BCUT2D eigenvalue weighted by molar-refractivity contribution is 5.94. The number of hydrogen-bond acceptors (Lipinski definition) is 4. The number of carbonyl (C=O) groups is 2. The Labute approximate surface area is 100 Å². The number of esters is 1. The lowest BCUT2D eigenvalue weighted by Crippen LogP contribution is -2.37. The number of ether oxygens (including phenoxy) is 1. The van der Waals surface area contributed by atoms with Crippen molar-refractivity contribution < 1.29 is 14.3 Å². The molecule has 1 heterocycles. The number of hydrogen-bond donors (Lipinski definition) is 0. The molecule has 0 aliphatic rings. The molecule has 0 aliphatic heterocycles. The molecular weight excluding hydrogens is 222 g/mol. The van der Waals surface area contributed by atoms with Gasteiger partial charge in [-0.3, -0.25) is 14.3 Å². The Balaban J connectivity index is 2.71. The lowest BCUT2D eigenvalue weighted by atomic mass is 10.3. The summed E-state index contributed by atoms with van der Waals surface area (Å²) in [6.07, 6.45) is 1.55. The zero-order valence-electron chi connectivity index (χ0n) is 10.3. The van der Waals surface area contributed by atoms with E-state index in [1.54, 1.807) is 26.2 Å². The number of rotatable bonds is 5. The van der Waals surface area contributed by atoms with Gasteiger partial charge in [0.1, 0.15) is 12.2 Å². The molecule has 0 aromatic carbocycles. The van der Waals surface area contributed by atoms with E-state index in [-0.39, 0.29) is 12.5 Å². The van der Waals surface area contributed by atoms with Gasteiger partial charge in [0.05, 0.1) is 6.61 Å². The molecule has 0 N–H and O–H groups in total. The monoisotopic (exact) mass is 239 g/mol. The SMILES string of the molecule is CCOC(=O)CN(CC)C(=O)c1ccnn1C. The van der Waals surface area contributed by atoms with Crippen molar-refractivity contribution in [2.45, 2.75) is 13.8 Å². The molecule has 0 saturated carbocycles. The van der Waals surface area contributed by atoms with Gasteiger partial charge in [0.15, 0.2) is 0 Å². The zero-order chi connectivity index (χ0) is 12.8. The first kappa shape index (κ1) is 13.2. The van der Waals surface area contributed by atoms with Crippen molar-refractivity contribution in [3.8, 4) is 0 Å². The number of amides is 1. The van der Waals surface area contributed by atoms with Gasteiger partial charge in [-0.05, 0) is 19.9 Å². The standard InChI is InChI=1S/C11H17N3O3/c1-4-14(8-10(15)17-5-2)11(16)9-6-7-12-13(9)3/h6-7H,4-5,8H2,1-3H3. The molecule has 0 unspecified atom stereocenters. The van der Waals surface area contributed by atoms with Crippen molar-refractivity contribution in [3.05, 3.63) is 18.0 Å². The number of likely N-dealkylation sites (N-methyl/N-ethyl adjacent to an activating group) is 1. The second kappa shape index (κ2) is 6.03. The van der Waals surface area contributed by atoms with Gasteiger partial charge < -0.3 is 9.64 Å². The van der Waals surface area contributed by atoms with Gasteiger partial charge >= 0.3 is 5.97 Å². The Kier molecular flexibility index (Phi) is 4.68. The number of aromatic nitrogens is 2. The minimum absolute atomic E-state index is 0.0334. The van der Waals surface area contributed by atoms with Gasteiger partial charge in [-0.2, -0.15) is 5.10 Å². The smallest absolute Gasteiger partial charge is 0.325 e. The molecule has 17 heavy (non-hydrogen) atoms. The van der Waals surface area contributed by atoms with Crippen LogP contribution in [0.3, 0.4) is 0 Å². The van der Waals surface area contributed by atoms with Crippen molar-refractivity contribution in [1.29, 1.82) is 0 Å². The van der Waals surface area contributed by atoms with Gasteiger partial charge in [-0.1, -0.05) is 0 Å². The highest BCUT2D eigenvalue weighted by Gasteiger charge is 2.20. The van der Waals surface area contributed by atoms with Crippen molar-refractivity contribution >= 4 is 11.9 Å². The minimum Gasteiger partial charge on any atom is -0.465 e. The predicted molar refractivity (Wildman–Crippen MR) is 61.4 cm³/mol. The second-order valence-electron chi connectivity index (χ2n) is 3.46. The topological polar surface area (TPSA) is 64.4 Å². The largest absolute Gasteiger partial charge is 0.465 e. The van der Waals surface area contributed by atoms with Gasteiger partial charge in [0, 0.05) is 19.8 Å². The maximum absolute atomic E-state index is 12.1. The van der Waals surface area contributed by atoms with Crippen LogP contribution in [0.25, 0.3) is 0 Å². The van der Waals surface area contributed by atoms with Crippen molar-refractivity contribution in [2.75, 3.05) is 19.7 Å². The van der Waals surface area contributed by atoms with E-state index < -0.39 is 5.97 Å². The van der Waals surface area contributed by atoms with Crippen LogP contribution >= 0.6 is 0 Å². The van der Waals surface area contributed by atoms with Crippen LogP contribution in [0.2, 0.25) is 0 Å². The van der Waals surface area contributed by atoms with Crippen LogP contribution in [0.1, 0.15) is 24.3 Å². The zero-order valence-corrected chi connectivity index (χ0v) is 10.3. The Morgan fingerprint density at radius 2 is 2.18 bits per heavy atom. The normalized spacial score (nSPS) is 10.1. The number of nitrogens with zero attached hydrogens (tertiary/aromatic N) is 3. The molecule has 94 valence electrons. The van der Waals surface area contributed by atoms with Crippen molar-refractivity contribution in [1.82, 2.24) is 14.7 Å². The van der Waals surface area contributed by atoms with Crippen LogP contribution in [-0.2, 0) is 16.6 Å². The average Bonchev–Trinajstić information content (AvgIpc) is 2.72. The first-order valence-electron chi connectivity index (χ1n) is 5.53. The Morgan fingerprint density at radius 1 is 1.47 bits per heavy atom. The van der Waals surface area contributed by atoms with Gasteiger partial charge in [-0.15, -0.1) is 0 Å². The first-order valence-corrected chi connectivity index (χ1v) is 5.53. The molecule has 0 aliphatic carbocycles. The molecular formula is C11H17N3O3. The third-order valence-corrected chi connectivity index (χ3v) is 2.33. The highest BCUT2D eigenvalue weighted by atomic mass is 16.5. The maximum atomic E-state index is 12.1.